The van der Waals surface area contributed by atoms with E-state index in [0.717, 1.165) is 12.8 Å². The third-order valence-electron chi connectivity index (χ3n) is 1.91. The Balaban J connectivity index is 2.74. The van der Waals surface area contributed by atoms with Crippen LogP contribution in [0, 0.1) is 5.41 Å². The van der Waals surface area contributed by atoms with Crippen LogP contribution in [0.4, 0.5) is 0 Å². The molecule has 0 aromatic rings. The summed E-state index contributed by atoms with van der Waals surface area (Å²) in [6, 6.07) is 0. The van der Waals surface area contributed by atoms with Gasteiger partial charge in [0.2, 0.25) is 0 Å². The highest BCUT2D eigenvalue weighted by Gasteiger charge is 1.88. The third-order valence-corrected chi connectivity index (χ3v) is 1.91. The largest absolute Gasteiger partial charge is 0.303 e. The van der Waals surface area contributed by atoms with Crippen molar-refractivity contribution in [2.45, 2.75) is 58.3 Å². The molecule has 0 rings (SSSR count). The van der Waals surface area contributed by atoms with Gasteiger partial charge in [-0.05, 0) is 12.8 Å². The molecule has 1 N–H and O–H groups in total. The molecule has 0 fully saturated rings. The molecule has 0 bridgehead atoms. The van der Waals surface area contributed by atoms with Crippen LogP contribution in [0.5, 0.6) is 0 Å². The molecule has 0 atom stereocenters. The van der Waals surface area contributed by atoms with Crippen LogP contribution >= 0.6 is 0 Å². The molecule has 0 aromatic heterocycles. The van der Waals surface area contributed by atoms with E-state index in [1.807, 2.05) is 0 Å². The lowest BCUT2D eigenvalue weighted by Gasteiger charge is -1.97. The van der Waals surface area contributed by atoms with Crippen LogP contribution in [0.3, 0.4) is 0 Å². The maximum absolute atomic E-state index is 6.70. The van der Waals surface area contributed by atoms with Crippen LogP contribution in [-0.2, 0) is 0 Å². The third kappa shape index (κ3) is 9.67. The summed E-state index contributed by atoms with van der Waals surface area (Å²) in [6.45, 7) is 2.24. The van der Waals surface area contributed by atoms with Gasteiger partial charge in [0.1, 0.15) is 0 Å². The Hall–Kier alpha value is -0.330. The van der Waals surface area contributed by atoms with E-state index in [9.17, 15) is 0 Å². The molecule has 0 saturated heterocycles. The Morgan fingerprint density at radius 2 is 1.45 bits per heavy atom. The molecule has 0 saturated carbocycles. The van der Waals surface area contributed by atoms with E-state index in [0.29, 0.717) is 0 Å². The Morgan fingerprint density at radius 3 is 2.00 bits per heavy atom. The lowest BCUT2D eigenvalue weighted by molar-refractivity contribution is 0.596. The first-order valence-electron chi connectivity index (χ1n) is 4.81. The van der Waals surface area contributed by atoms with E-state index in [2.05, 4.69) is 13.1 Å². The van der Waals surface area contributed by atoms with Crippen molar-refractivity contribution in [3.8, 4) is 0 Å². The monoisotopic (exact) mass is 154 g/mol. The van der Waals surface area contributed by atoms with E-state index in [4.69, 9.17) is 5.41 Å². The maximum Gasteiger partial charge on any atom is 0.0521 e. The molecule has 0 aromatic carbocycles. The summed E-state index contributed by atoms with van der Waals surface area (Å²) >= 11 is 0. The number of rotatable bonds is 8. The Kier molecular flexibility index (Phi) is 9.38. The number of nitrogens with one attached hydrogen (secondary N) is 1. The zero-order valence-corrected chi connectivity index (χ0v) is 7.66. The van der Waals surface area contributed by atoms with Crippen LogP contribution in [0.15, 0.2) is 0 Å². The number of unbranched alkanes of at least 4 members (excludes halogenated alkanes) is 7. The predicted molar refractivity (Wildman–Crippen MR) is 50.3 cm³/mol. The van der Waals surface area contributed by atoms with E-state index < -0.39 is 0 Å². The van der Waals surface area contributed by atoms with Gasteiger partial charge in [0, 0.05) is 0 Å². The van der Waals surface area contributed by atoms with Crippen molar-refractivity contribution >= 4 is 6.21 Å². The predicted octanol–water partition coefficient (Wildman–Crippen LogP) is 3.65. The summed E-state index contributed by atoms with van der Waals surface area (Å²) < 4.78 is 0. The minimum atomic E-state index is 0.855. The maximum atomic E-state index is 6.70. The molecule has 0 aliphatic carbocycles. The second-order valence-corrected chi connectivity index (χ2v) is 3.05. The summed E-state index contributed by atoms with van der Waals surface area (Å²) in [5, 5.41) is 6.70. The first-order valence-corrected chi connectivity index (χ1v) is 4.81. The van der Waals surface area contributed by atoms with Crippen LogP contribution < -0.4 is 0 Å². The minimum absolute atomic E-state index is 0.855. The first-order chi connectivity index (χ1) is 5.41. The fourth-order valence-electron chi connectivity index (χ4n) is 1.17. The van der Waals surface area contributed by atoms with Gasteiger partial charge in [0.15, 0.2) is 0 Å². The van der Waals surface area contributed by atoms with Gasteiger partial charge in [-0.25, -0.2) is 0 Å². The normalized spacial score (nSPS) is 9.91. The molecular weight excluding hydrogens is 134 g/mol. The first kappa shape index (κ1) is 10.7. The zero-order valence-electron chi connectivity index (χ0n) is 7.66. The van der Waals surface area contributed by atoms with Crippen molar-refractivity contribution in [3.05, 3.63) is 0 Å². The van der Waals surface area contributed by atoms with Crippen molar-refractivity contribution in [2.75, 3.05) is 0 Å². The van der Waals surface area contributed by atoms with Gasteiger partial charge in [-0.3, -0.25) is 0 Å². The molecule has 0 aliphatic heterocycles. The quantitative estimate of drug-likeness (QED) is 0.407. The molecule has 11 heavy (non-hydrogen) atoms. The van der Waals surface area contributed by atoms with Crippen molar-refractivity contribution in [3.63, 3.8) is 0 Å². The average molecular weight is 154 g/mol. The van der Waals surface area contributed by atoms with Gasteiger partial charge in [-0.1, -0.05) is 45.4 Å². The molecule has 1 heteroatoms. The lowest BCUT2D eigenvalue weighted by atomic mass is 10.1. The van der Waals surface area contributed by atoms with Crippen LogP contribution in [0.1, 0.15) is 58.3 Å². The molecule has 65 valence electrons. The second kappa shape index (κ2) is 9.67. The minimum Gasteiger partial charge on any atom is -0.303 e. The standard InChI is InChI=1S/C10H20N/c1-2-3-4-5-6-7-8-9-10-11/h11H,2-9H2,1H3. The van der Waals surface area contributed by atoms with E-state index in [1.165, 1.54) is 38.5 Å². The van der Waals surface area contributed by atoms with E-state index in [1.54, 1.807) is 0 Å². The van der Waals surface area contributed by atoms with Crippen molar-refractivity contribution in [2.24, 2.45) is 0 Å². The molecule has 0 aliphatic rings. The summed E-state index contributed by atoms with van der Waals surface area (Å²) in [5.41, 5.74) is 0. The van der Waals surface area contributed by atoms with Gasteiger partial charge in [0.05, 0.1) is 6.21 Å². The van der Waals surface area contributed by atoms with Crippen LogP contribution in [-0.4, -0.2) is 6.21 Å². The Labute approximate surface area is 70.7 Å². The molecular formula is C10H20N. The average Bonchev–Trinajstić information content (AvgIpc) is 2.03. The smallest absolute Gasteiger partial charge is 0.0521 e. The van der Waals surface area contributed by atoms with Crippen LogP contribution in [0.2, 0.25) is 0 Å². The SMILES string of the molecule is CCCCCCCCC[C]=N. The van der Waals surface area contributed by atoms with Gasteiger partial charge >= 0.3 is 0 Å². The molecule has 1 nitrogen and oxygen atoms in total. The highest BCUT2D eigenvalue weighted by atomic mass is 14.3. The van der Waals surface area contributed by atoms with Gasteiger partial charge < -0.3 is 5.41 Å². The van der Waals surface area contributed by atoms with Crippen molar-refractivity contribution < 1.29 is 0 Å². The molecule has 0 amide bonds. The Morgan fingerprint density at radius 1 is 0.909 bits per heavy atom. The molecule has 0 unspecified atom stereocenters. The van der Waals surface area contributed by atoms with E-state index in [-0.39, 0.29) is 0 Å². The van der Waals surface area contributed by atoms with Crippen molar-refractivity contribution in [1.82, 2.24) is 0 Å². The summed E-state index contributed by atoms with van der Waals surface area (Å²) in [6.07, 6.45) is 12.6. The van der Waals surface area contributed by atoms with Gasteiger partial charge in [-0.2, -0.15) is 0 Å². The van der Waals surface area contributed by atoms with Gasteiger partial charge in [-0.15, -0.1) is 0 Å². The molecule has 0 spiro atoms. The highest BCUT2D eigenvalue weighted by Crippen LogP contribution is 2.07. The van der Waals surface area contributed by atoms with Crippen LogP contribution in [0.25, 0.3) is 0 Å². The van der Waals surface area contributed by atoms with E-state index >= 15 is 0 Å². The number of hydrogen-bond donors (Lipinski definition) is 1. The highest BCUT2D eigenvalue weighted by molar-refractivity contribution is 5.52. The van der Waals surface area contributed by atoms with Crippen molar-refractivity contribution in [1.29, 1.82) is 5.41 Å². The number of hydrogen-bond acceptors (Lipinski definition) is 1. The van der Waals surface area contributed by atoms with Gasteiger partial charge in [0.25, 0.3) is 0 Å². The summed E-state index contributed by atoms with van der Waals surface area (Å²) in [5.74, 6) is 0. The molecule has 1 radical (unpaired) electrons. The lowest BCUT2D eigenvalue weighted by Crippen LogP contribution is -1.80. The zero-order chi connectivity index (χ0) is 8.36. The Bertz CT molecular complexity index is 78.9. The second-order valence-electron chi connectivity index (χ2n) is 3.05. The molecule has 0 heterocycles. The fraction of sp³-hybridized carbons (Fsp3) is 0.900. The fourth-order valence-corrected chi connectivity index (χ4v) is 1.17. The summed E-state index contributed by atoms with van der Waals surface area (Å²) in [7, 11) is 0. The summed E-state index contributed by atoms with van der Waals surface area (Å²) in [4.78, 5) is 0. The topological polar surface area (TPSA) is 23.9 Å².